The summed E-state index contributed by atoms with van der Waals surface area (Å²) < 4.78 is 11.1. The Balaban J connectivity index is 2.29. The van der Waals surface area contributed by atoms with E-state index in [0.29, 0.717) is 13.2 Å². The van der Waals surface area contributed by atoms with Crippen LogP contribution in [0, 0.1) is 0 Å². The third-order valence-corrected chi connectivity index (χ3v) is 2.74. The normalized spacial score (nSPS) is 15.2. The second-order valence-electron chi connectivity index (χ2n) is 4.41. The predicted molar refractivity (Wildman–Crippen MR) is 68.7 cm³/mol. The highest BCUT2D eigenvalue weighted by Crippen LogP contribution is 2.33. The molecule has 1 N–H and O–H groups in total. The summed E-state index contributed by atoms with van der Waals surface area (Å²) in [5, 5.41) is 3.28. The number of ether oxygens (including phenoxy) is 2. The number of allylic oxidation sites excluding steroid dienone is 1. The fourth-order valence-corrected chi connectivity index (χ4v) is 1.93. The molecule has 0 fully saturated rings. The lowest BCUT2D eigenvalue weighted by Crippen LogP contribution is -2.17. The summed E-state index contributed by atoms with van der Waals surface area (Å²) in [5.74, 6) is 1.68. The van der Waals surface area contributed by atoms with Crippen molar-refractivity contribution in [1.29, 1.82) is 0 Å². The van der Waals surface area contributed by atoms with E-state index in [1.165, 1.54) is 11.1 Å². The van der Waals surface area contributed by atoms with Crippen LogP contribution in [-0.2, 0) is 0 Å². The van der Waals surface area contributed by atoms with E-state index in [2.05, 4.69) is 37.4 Å². The van der Waals surface area contributed by atoms with Gasteiger partial charge in [0.2, 0.25) is 0 Å². The summed E-state index contributed by atoms with van der Waals surface area (Å²) in [6, 6.07) is 6.33. The molecular formula is C14H19NO2. The molecule has 0 radical (unpaired) electrons. The summed E-state index contributed by atoms with van der Waals surface area (Å²) >= 11 is 0. The van der Waals surface area contributed by atoms with Gasteiger partial charge in [0.15, 0.2) is 11.5 Å². The maximum atomic E-state index is 5.59. The largest absolute Gasteiger partial charge is 0.486 e. The van der Waals surface area contributed by atoms with E-state index < -0.39 is 0 Å². The van der Waals surface area contributed by atoms with Crippen LogP contribution in [0.4, 0.5) is 0 Å². The summed E-state index contributed by atoms with van der Waals surface area (Å²) in [5.41, 5.74) is 2.48. The number of hydrogen-bond acceptors (Lipinski definition) is 3. The van der Waals surface area contributed by atoms with Crippen LogP contribution in [-0.4, -0.2) is 20.3 Å². The van der Waals surface area contributed by atoms with E-state index in [-0.39, 0.29) is 6.04 Å². The SMILES string of the molecule is CNC(C=C(C)C)c1ccc2c(c1)OCCO2. The van der Waals surface area contributed by atoms with Crippen LogP contribution < -0.4 is 14.8 Å². The van der Waals surface area contributed by atoms with E-state index >= 15 is 0 Å². The van der Waals surface area contributed by atoms with Crippen molar-refractivity contribution in [3.05, 3.63) is 35.4 Å². The van der Waals surface area contributed by atoms with Gasteiger partial charge in [0, 0.05) is 0 Å². The van der Waals surface area contributed by atoms with Gasteiger partial charge < -0.3 is 14.8 Å². The van der Waals surface area contributed by atoms with Gasteiger partial charge in [0.1, 0.15) is 13.2 Å². The number of hydrogen-bond donors (Lipinski definition) is 1. The molecule has 1 aromatic rings. The van der Waals surface area contributed by atoms with Crippen LogP contribution in [0.5, 0.6) is 11.5 Å². The van der Waals surface area contributed by atoms with Crippen LogP contribution in [0.2, 0.25) is 0 Å². The molecule has 17 heavy (non-hydrogen) atoms. The van der Waals surface area contributed by atoms with Crippen molar-refractivity contribution in [2.75, 3.05) is 20.3 Å². The van der Waals surface area contributed by atoms with Gasteiger partial charge in [-0.15, -0.1) is 0 Å². The molecule has 0 saturated heterocycles. The molecule has 0 saturated carbocycles. The predicted octanol–water partition coefficient (Wildman–Crippen LogP) is 2.68. The van der Waals surface area contributed by atoms with Crippen LogP contribution in [0.3, 0.4) is 0 Å². The molecular weight excluding hydrogens is 214 g/mol. The lowest BCUT2D eigenvalue weighted by atomic mass is 10.0. The Morgan fingerprint density at radius 2 is 1.94 bits per heavy atom. The maximum Gasteiger partial charge on any atom is 0.161 e. The highest BCUT2D eigenvalue weighted by atomic mass is 16.6. The second kappa shape index (κ2) is 5.23. The Morgan fingerprint density at radius 1 is 1.24 bits per heavy atom. The number of rotatable bonds is 3. The molecule has 1 atom stereocenters. The highest BCUT2D eigenvalue weighted by Gasteiger charge is 2.14. The van der Waals surface area contributed by atoms with Crippen LogP contribution in [0.15, 0.2) is 29.8 Å². The van der Waals surface area contributed by atoms with Crippen molar-refractivity contribution in [2.45, 2.75) is 19.9 Å². The first kappa shape index (κ1) is 12.0. The Morgan fingerprint density at radius 3 is 2.59 bits per heavy atom. The molecule has 3 heteroatoms. The molecule has 92 valence electrons. The molecule has 1 heterocycles. The molecule has 3 nitrogen and oxygen atoms in total. The number of likely N-dealkylation sites (N-methyl/N-ethyl adjacent to an activating group) is 1. The first-order chi connectivity index (χ1) is 8.20. The Bertz CT molecular complexity index is 422. The fourth-order valence-electron chi connectivity index (χ4n) is 1.93. The van der Waals surface area contributed by atoms with Gasteiger partial charge in [-0.2, -0.15) is 0 Å². The van der Waals surface area contributed by atoms with E-state index in [4.69, 9.17) is 9.47 Å². The van der Waals surface area contributed by atoms with Crippen molar-refractivity contribution in [3.8, 4) is 11.5 Å². The van der Waals surface area contributed by atoms with Crippen LogP contribution >= 0.6 is 0 Å². The van der Waals surface area contributed by atoms with Crippen molar-refractivity contribution >= 4 is 0 Å². The molecule has 0 spiro atoms. The lowest BCUT2D eigenvalue weighted by Gasteiger charge is -2.21. The zero-order chi connectivity index (χ0) is 12.3. The third-order valence-electron chi connectivity index (χ3n) is 2.74. The van der Waals surface area contributed by atoms with Crippen molar-refractivity contribution in [1.82, 2.24) is 5.32 Å². The highest BCUT2D eigenvalue weighted by molar-refractivity contribution is 5.45. The maximum absolute atomic E-state index is 5.59. The van der Waals surface area contributed by atoms with Crippen molar-refractivity contribution in [3.63, 3.8) is 0 Å². The van der Waals surface area contributed by atoms with Crippen molar-refractivity contribution < 1.29 is 9.47 Å². The molecule has 0 aromatic heterocycles. The molecule has 0 bridgehead atoms. The van der Waals surface area contributed by atoms with E-state index in [1.807, 2.05) is 13.1 Å². The standard InChI is InChI=1S/C14H19NO2/c1-10(2)8-12(15-3)11-4-5-13-14(9-11)17-7-6-16-13/h4-5,8-9,12,15H,6-7H2,1-3H3. The molecule has 1 unspecified atom stereocenters. The van der Waals surface area contributed by atoms with Crippen LogP contribution in [0.25, 0.3) is 0 Å². The van der Waals surface area contributed by atoms with Gasteiger partial charge in [-0.1, -0.05) is 17.7 Å². The quantitative estimate of drug-likeness (QED) is 0.814. The minimum absolute atomic E-state index is 0.218. The molecule has 1 aliphatic heterocycles. The second-order valence-corrected chi connectivity index (χ2v) is 4.41. The number of benzene rings is 1. The smallest absolute Gasteiger partial charge is 0.161 e. The molecule has 1 aliphatic rings. The number of nitrogens with one attached hydrogen (secondary N) is 1. The summed E-state index contributed by atoms with van der Waals surface area (Å²) in [4.78, 5) is 0. The minimum atomic E-state index is 0.218. The monoisotopic (exact) mass is 233 g/mol. The summed E-state index contributed by atoms with van der Waals surface area (Å²) in [6.07, 6.45) is 2.20. The van der Waals surface area contributed by atoms with Crippen LogP contribution in [0.1, 0.15) is 25.5 Å². The molecule has 1 aromatic carbocycles. The zero-order valence-electron chi connectivity index (χ0n) is 10.6. The van der Waals surface area contributed by atoms with Crippen molar-refractivity contribution in [2.24, 2.45) is 0 Å². The number of fused-ring (bicyclic) bond motifs is 1. The molecule has 0 aliphatic carbocycles. The van der Waals surface area contributed by atoms with Gasteiger partial charge >= 0.3 is 0 Å². The summed E-state index contributed by atoms with van der Waals surface area (Å²) in [6.45, 7) is 5.46. The van der Waals surface area contributed by atoms with E-state index in [9.17, 15) is 0 Å². The van der Waals surface area contributed by atoms with Gasteiger partial charge in [0.05, 0.1) is 6.04 Å². The van der Waals surface area contributed by atoms with Gasteiger partial charge in [-0.05, 0) is 38.6 Å². The minimum Gasteiger partial charge on any atom is -0.486 e. The van der Waals surface area contributed by atoms with Gasteiger partial charge in [0.25, 0.3) is 0 Å². The molecule has 2 rings (SSSR count). The first-order valence-electron chi connectivity index (χ1n) is 5.92. The van der Waals surface area contributed by atoms with Gasteiger partial charge in [-0.3, -0.25) is 0 Å². The topological polar surface area (TPSA) is 30.5 Å². The van der Waals surface area contributed by atoms with Gasteiger partial charge in [-0.25, -0.2) is 0 Å². The first-order valence-corrected chi connectivity index (χ1v) is 5.92. The average Bonchev–Trinajstić information content (AvgIpc) is 2.35. The average molecular weight is 233 g/mol. The fraction of sp³-hybridized carbons (Fsp3) is 0.429. The Labute approximate surface area is 102 Å². The van der Waals surface area contributed by atoms with E-state index in [0.717, 1.165) is 11.5 Å². The Hall–Kier alpha value is -1.48. The third kappa shape index (κ3) is 2.80. The Kier molecular flexibility index (Phi) is 3.69. The molecule has 0 amide bonds. The summed E-state index contributed by atoms with van der Waals surface area (Å²) in [7, 11) is 1.96. The zero-order valence-corrected chi connectivity index (χ0v) is 10.6. The lowest BCUT2D eigenvalue weighted by molar-refractivity contribution is 0.171. The van der Waals surface area contributed by atoms with E-state index in [1.54, 1.807) is 0 Å².